The molecule has 1 heterocycles. The standard InChI is InChI=1S/C16H26N2O/c1-2-9-17-12-15-7-3-4-10-18(15)13-14-6-5-8-16(19)11-14/h5-6,8,11,15,17,19H,2-4,7,9-10,12-13H2,1H3. The molecule has 0 bridgehead atoms. The van der Waals surface area contributed by atoms with Crippen molar-refractivity contribution < 1.29 is 5.11 Å². The van der Waals surface area contributed by atoms with E-state index >= 15 is 0 Å². The molecule has 1 unspecified atom stereocenters. The Balaban J connectivity index is 1.91. The maximum Gasteiger partial charge on any atom is 0.115 e. The molecule has 0 radical (unpaired) electrons. The fraction of sp³-hybridized carbons (Fsp3) is 0.625. The second-order valence-corrected chi connectivity index (χ2v) is 5.49. The molecule has 3 heteroatoms. The van der Waals surface area contributed by atoms with Gasteiger partial charge in [-0.3, -0.25) is 4.90 Å². The molecular formula is C16H26N2O. The van der Waals surface area contributed by atoms with Crippen LogP contribution in [0.1, 0.15) is 38.2 Å². The number of phenolic OH excluding ortho intramolecular Hbond substituents is 1. The van der Waals surface area contributed by atoms with Crippen LogP contribution in [0.5, 0.6) is 5.75 Å². The van der Waals surface area contributed by atoms with Gasteiger partial charge in [0.25, 0.3) is 0 Å². The first-order valence-corrected chi connectivity index (χ1v) is 7.52. The zero-order valence-electron chi connectivity index (χ0n) is 11.9. The number of hydrogen-bond donors (Lipinski definition) is 2. The smallest absolute Gasteiger partial charge is 0.115 e. The molecule has 1 aromatic rings. The minimum absolute atomic E-state index is 0.371. The monoisotopic (exact) mass is 262 g/mol. The van der Waals surface area contributed by atoms with Crippen molar-refractivity contribution in [2.75, 3.05) is 19.6 Å². The predicted molar refractivity (Wildman–Crippen MR) is 79.3 cm³/mol. The summed E-state index contributed by atoms with van der Waals surface area (Å²) in [7, 11) is 0. The normalized spacial score (nSPS) is 20.6. The van der Waals surface area contributed by atoms with E-state index in [1.807, 2.05) is 12.1 Å². The average molecular weight is 262 g/mol. The molecule has 1 fully saturated rings. The Morgan fingerprint density at radius 2 is 2.26 bits per heavy atom. The number of piperidine rings is 1. The Morgan fingerprint density at radius 1 is 1.37 bits per heavy atom. The number of benzene rings is 1. The Hall–Kier alpha value is -1.06. The summed E-state index contributed by atoms with van der Waals surface area (Å²) in [6, 6.07) is 8.29. The number of nitrogens with zero attached hydrogens (tertiary/aromatic N) is 1. The molecule has 0 aliphatic carbocycles. The number of phenols is 1. The van der Waals surface area contributed by atoms with Gasteiger partial charge in [0.05, 0.1) is 0 Å². The van der Waals surface area contributed by atoms with Gasteiger partial charge >= 0.3 is 0 Å². The molecule has 1 aliphatic rings. The van der Waals surface area contributed by atoms with E-state index in [9.17, 15) is 5.11 Å². The van der Waals surface area contributed by atoms with Crippen molar-refractivity contribution in [2.45, 2.75) is 45.2 Å². The molecule has 106 valence electrons. The summed E-state index contributed by atoms with van der Waals surface area (Å²) in [6.07, 6.45) is 5.12. The van der Waals surface area contributed by atoms with Crippen LogP contribution in [0.4, 0.5) is 0 Å². The third-order valence-corrected chi connectivity index (χ3v) is 3.85. The van der Waals surface area contributed by atoms with Gasteiger partial charge in [-0.2, -0.15) is 0 Å². The van der Waals surface area contributed by atoms with Crippen LogP contribution < -0.4 is 5.32 Å². The number of rotatable bonds is 6. The summed E-state index contributed by atoms with van der Waals surface area (Å²) >= 11 is 0. The molecule has 1 saturated heterocycles. The molecular weight excluding hydrogens is 236 g/mol. The average Bonchev–Trinajstić information content (AvgIpc) is 2.41. The lowest BCUT2D eigenvalue weighted by atomic mass is 10.0. The second kappa shape index (κ2) is 7.51. The predicted octanol–water partition coefficient (Wildman–Crippen LogP) is 2.75. The topological polar surface area (TPSA) is 35.5 Å². The first-order valence-electron chi connectivity index (χ1n) is 7.52. The van der Waals surface area contributed by atoms with Gasteiger partial charge in [0.15, 0.2) is 0 Å². The van der Waals surface area contributed by atoms with Gasteiger partial charge in [0, 0.05) is 19.1 Å². The van der Waals surface area contributed by atoms with E-state index in [0.717, 1.165) is 19.6 Å². The largest absolute Gasteiger partial charge is 0.508 e. The highest BCUT2D eigenvalue weighted by molar-refractivity contribution is 5.27. The van der Waals surface area contributed by atoms with Crippen LogP contribution in [0.15, 0.2) is 24.3 Å². The van der Waals surface area contributed by atoms with Crippen molar-refractivity contribution >= 4 is 0 Å². The third-order valence-electron chi connectivity index (χ3n) is 3.85. The van der Waals surface area contributed by atoms with Gasteiger partial charge in [-0.25, -0.2) is 0 Å². The van der Waals surface area contributed by atoms with E-state index in [-0.39, 0.29) is 0 Å². The quantitative estimate of drug-likeness (QED) is 0.774. The highest BCUT2D eigenvalue weighted by Crippen LogP contribution is 2.20. The Bertz CT molecular complexity index is 381. The van der Waals surface area contributed by atoms with Crippen LogP contribution >= 0.6 is 0 Å². The van der Waals surface area contributed by atoms with Crippen LogP contribution in [0, 0.1) is 0 Å². The summed E-state index contributed by atoms with van der Waals surface area (Å²) < 4.78 is 0. The highest BCUT2D eigenvalue weighted by atomic mass is 16.3. The minimum atomic E-state index is 0.371. The maximum atomic E-state index is 9.55. The number of nitrogens with one attached hydrogen (secondary N) is 1. The van der Waals surface area contributed by atoms with Crippen LogP contribution in [0.25, 0.3) is 0 Å². The van der Waals surface area contributed by atoms with Gasteiger partial charge in [-0.15, -0.1) is 0 Å². The van der Waals surface area contributed by atoms with E-state index < -0.39 is 0 Å². The zero-order valence-corrected chi connectivity index (χ0v) is 11.9. The van der Waals surface area contributed by atoms with Gasteiger partial charge in [0.1, 0.15) is 5.75 Å². The molecule has 0 saturated carbocycles. The Labute approximate surface area is 116 Å². The third kappa shape index (κ3) is 4.51. The van der Waals surface area contributed by atoms with Crippen LogP contribution in [0.3, 0.4) is 0 Å². The van der Waals surface area contributed by atoms with Crippen molar-refractivity contribution in [1.82, 2.24) is 10.2 Å². The van der Waals surface area contributed by atoms with Crippen molar-refractivity contribution in [2.24, 2.45) is 0 Å². The van der Waals surface area contributed by atoms with Crippen LogP contribution in [0.2, 0.25) is 0 Å². The molecule has 0 amide bonds. The maximum absolute atomic E-state index is 9.55. The molecule has 3 nitrogen and oxygen atoms in total. The number of likely N-dealkylation sites (tertiary alicyclic amines) is 1. The van der Waals surface area contributed by atoms with Gasteiger partial charge in [0.2, 0.25) is 0 Å². The molecule has 0 spiro atoms. The lowest BCUT2D eigenvalue weighted by Crippen LogP contribution is -2.45. The molecule has 1 aromatic carbocycles. The Kier molecular flexibility index (Phi) is 5.67. The van der Waals surface area contributed by atoms with Crippen molar-refractivity contribution in [3.8, 4) is 5.75 Å². The second-order valence-electron chi connectivity index (χ2n) is 5.49. The number of hydrogen-bond acceptors (Lipinski definition) is 3. The summed E-state index contributed by atoms with van der Waals surface area (Å²) in [4.78, 5) is 2.56. The first kappa shape index (κ1) is 14.4. The molecule has 19 heavy (non-hydrogen) atoms. The van der Waals surface area contributed by atoms with Crippen molar-refractivity contribution in [3.63, 3.8) is 0 Å². The van der Waals surface area contributed by atoms with Gasteiger partial charge < -0.3 is 10.4 Å². The fourth-order valence-electron chi connectivity index (χ4n) is 2.83. The van der Waals surface area contributed by atoms with Gasteiger partial charge in [-0.05, 0) is 50.0 Å². The lowest BCUT2D eigenvalue weighted by molar-refractivity contribution is 0.137. The summed E-state index contributed by atoms with van der Waals surface area (Å²) in [5.41, 5.74) is 1.21. The van der Waals surface area contributed by atoms with Crippen LogP contribution in [-0.4, -0.2) is 35.7 Å². The van der Waals surface area contributed by atoms with E-state index in [1.54, 1.807) is 6.07 Å². The lowest BCUT2D eigenvalue weighted by Gasteiger charge is -2.36. The first-order chi connectivity index (χ1) is 9.29. The fourth-order valence-corrected chi connectivity index (χ4v) is 2.83. The minimum Gasteiger partial charge on any atom is -0.508 e. The molecule has 1 aliphatic heterocycles. The van der Waals surface area contributed by atoms with E-state index in [1.165, 1.54) is 37.8 Å². The van der Waals surface area contributed by atoms with E-state index in [0.29, 0.717) is 11.8 Å². The molecule has 0 aromatic heterocycles. The summed E-state index contributed by atoms with van der Waals surface area (Å²) in [6.45, 7) is 6.53. The molecule has 2 rings (SSSR count). The van der Waals surface area contributed by atoms with Gasteiger partial charge in [-0.1, -0.05) is 25.5 Å². The molecule has 2 N–H and O–H groups in total. The van der Waals surface area contributed by atoms with Crippen molar-refractivity contribution in [1.29, 1.82) is 0 Å². The van der Waals surface area contributed by atoms with E-state index in [4.69, 9.17) is 0 Å². The highest BCUT2D eigenvalue weighted by Gasteiger charge is 2.21. The Morgan fingerprint density at radius 3 is 3.05 bits per heavy atom. The van der Waals surface area contributed by atoms with E-state index in [2.05, 4.69) is 23.2 Å². The summed E-state index contributed by atoms with van der Waals surface area (Å²) in [5, 5.41) is 13.1. The number of aromatic hydroxyl groups is 1. The van der Waals surface area contributed by atoms with Crippen LogP contribution in [-0.2, 0) is 6.54 Å². The SMILES string of the molecule is CCCNCC1CCCCN1Cc1cccc(O)c1. The van der Waals surface area contributed by atoms with Crippen molar-refractivity contribution in [3.05, 3.63) is 29.8 Å². The molecule has 1 atom stereocenters. The zero-order chi connectivity index (χ0) is 13.5. The summed E-state index contributed by atoms with van der Waals surface area (Å²) in [5.74, 6) is 0.371.